The fourth-order valence-electron chi connectivity index (χ4n) is 2.28. The Kier molecular flexibility index (Phi) is 7.24. The smallest absolute Gasteiger partial charge is 0.269 e. The SMILES string of the molecule is Cc1ccc(S(=O)(=O)NCCCC(=O)NNC(=O)c2ccc(F)cc2)cc1C. The number of hydrogen-bond acceptors (Lipinski definition) is 4. The molecule has 0 radical (unpaired) electrons. The molecule has 28 heavy (non-hydrogen) atoms. The first kappa shape index (κ1) is 21.5. The van der Waals surface area contributed by atoms with Gasteiger partial charge in [-0.2, -0.15) is 0 Å². The molecule has 0 fully saturated rings. The van der Waals surface area contributed by atoms with E-state index in [1.54, 1.807) is 12.1 Å². The van der Waals surface area contributed by atoms with Gasteiger partial charge in [-0.15, -0.1) is 0 Å². The van der Waals surface area contributed by atoms with E-state index in [0.29, 0.717) is 0 Å². The molecule has 150 valence electrons. The summed E-state index contributed by atoms with van der Waals surface area (Å²) in [6.07, 6.45) is 0.265. The maximum atomic E-state index is 12.8. The molecule has 0 aliphatic carbocycles. The highest BCUT2D eigenvalue weighted by Gasteiger charge is 2.14. The van der Waals surface area contributed by atoms with Crippen LogP contribution in [0.15, 0.2) is 47.4 Å². The molecule has 0 aromatic heterocycles. The lowest BCUT2D eigenvalue weighted by atomic mass is 10.1. The van der Waals surface area contributed by atoms with Crippen LogP contribution in [-0.2, 0) is 14.8 Å². The number of carbonyl (C=O) groups is 2. The van der Waals surface area contributed by atoms with Crippen LogP contribution >= 0.6 is 0 Å². The van der Waals surface area contributed by atoms with E-state index in [1.165, 1.54) is 18.2 Å². The molecule has 2 aromatic rings. The summed E-state index contributed by atoms with van der Waals surface area (Å²) in [6.45, 7) is 3.81. The fourth-order valence-corrected chi connectivity index (χ4v) is 3.44. The minimum atomic E-state index is -3.64. The van der Waals surface area contributed by atoms with Crippen molar-refractivity contribution in [2.75, 3.05) is 6.54 Å². The van der Waals surface area contributed by atoms with E-state index in [0.717, 1.165) is 23.3 Å². The topological polar surface area (TPSA) is 104 Å². The van der Waals surface area contributed by atoms with Crippen LogP contribution in [0, 0.1) is 19.7 Å². The van der Waals surface area contributed by atoms with Crippen molar-refractivity contribution in [1.82, 2.24) is 15.6 Å². The average molecular weight is 407 g/mol. The number of hydrogen-bond donors (Lipinski definition) is 3. The summed E-state index contributed by atoms with van der Waals surface area (Å²) in [6, 6.07) is 9.71. The highest BCUT2D eigenvalue weighted by atomic mass is 32.2. The number of nitrogens with one attached hydrogen (secondary N) is 3. The summed E-state index contributed by atoms with van der Waals surface area (Å²) in [5.41, 5.74) is 6.51. The molecular formula is C19H22FN3O4S. The quantitative estimate of drug-likeness (QED) is 0.482. The third kappa shape index (κ3) is 6.14. The minimum Gasteiger partial charge on any atom is -0.273 e. The summed E-state index contributed by atoms with van der Waals surface area (Å²) in [7, 11) is -3.64. The molecule has 0 bridgehead atoms. The largest absolute Gasteiger partial charge is 0.273 e. The second kappa shape index (κ2) is 9.43. The third-order valence-corrected chi connectivity index (χ3v) is 5.54. The van der Waals surface area contributed by atoms with Gasteiger partial charge in [0.1, 0.15) is 5.82 Å². The molecular weight excluding hydrogens is 385 g/mol. The molecule has 3 N–H and O–H groups in total. The molecule has 0 atom stereocenters. The molecule has 2 aromatic carbocycles. The van der Waals surface area contributed by atoms with Gasteiger partial charge in [-0.3, -0.25) is 20.4 Å². The fraction of sp³-hybridized carbons (Fsp3) is 0.263. The van der Waals surface area contributed by atoms with Crippen LogP contribution in [0.3, 0.4) is 0 Å². The number of carbonyl (C=O) groups excluding carboxylic acids is 2. The first-order valence-electron chi connectivity index (χ1n) is 8.61. The molecule has 7 nitrogen and oxygen atoms in total. The minimum absolute atomic E-state index is 0.0130. The molecule has 0 unspecified atom stereocenters. The predicted molar refractivity (Wildman–Crippen MR) is 102 cm³/mol. The third-order valence-electron chi connectivity index (χ3n) is 4.08. The van der Waals surface area contributed by atoms with Crippen molar-refractivity contribution in [2.24, 2.45) is 0 Å². The van der Waals surface area contributed by atoms with Gasteiger partial charge in [-0.1, -0.05) is 6.07 Å². The van der Waals surface area contributed by atoms with Gasteiger partial charge < -0.3 is 0 Å². The highest BCUT2D eigenvalue weighted by molar-refractivity contribution is 7.89. The monoisotopic (exact) mass is 407 g/mol. The van der Waals surface area contributed by atoms with E-state index in [2.05, 4.69) is 15.6 Å². The number of amides is 2. The predicted octanol–water partition coefficient (Wildman–Crippen LogP) is 1.96. The molecule has 0 spiro atoms. The first-order valence-corrected chi connectivity index (χ1v) is 10.1. The number of hydrazine groups is 1. The maximum Gasteiger partial charge on any atom is 0.269 e. The van der Waals surface area contributed by atoms with Gasteiger partial charge >= 0.3 is 0 Å². The summed E-state index contributed by atoms with van der Waals surface area (Å²) in [5.74, 6) is -1.52. The van der Waals surface area contributed by atoms with Crippen LogP contribution in [0.4, 0.5) is 4.39 Å². The summed E-state index contributed by atoms with van der Waals surface area (Å²) >= 11 is 0. The van der Waals surface area contributed by atoms with Crippen molar-refractivity contribution in [1.29, 1.82) is 0 Å². The second-order valence-electron chi connectivity index (χ2n) is 6.26. The summed E-state index contributed by atoms with van der Waals surface area (Å²) < 4.78 is 39.7. The number of halogens is 1. The Morgan fingerprint density at radius 1 is 0.964 bits per heavy atom. The Morgan fingerprint density at radius 2 is 1.64 bits per heavy atom. The Labute approximate surface area is 163 Å². The Balaban J connectivity index is 1.73. The van der Waals surface area contributed by atoms with Gasteiger partial charge in [0.15, 0.2) is 0 Å². The lowest BCUT2D eigenvalue weighted by Gasteiger charge is -2.09. The van der Waals surface area contributed by atoms with E-state index in [4.69, 9.17) is 0 Å². The van der Waals surface area contributed by atoms with Gasteiger partial charge in [-0.25, -0.2) is 17.5 Å². The van der Waals surface area contributed by atoms with Crippen molar-refractivity contribution < 1.29 is 22.4 Å². The maximum absolute atomic E-state index is 12.8. The van der Waals surface area contributed by atoms with E-state index in [9.17, 15) is 22.4 Å². The zero-order chi connectivity index (χ0) is 20.7. The molecule has 9 heteroatoms. The standard InChI is InChI=1S/C19H22FN3O4S/c1-13-5-10-17(12-14(13)2)28(26,27)21-11-3-4-18(24)22-23-19(25)15-6-8-16(20)9-7-15/h5-10,12,21H,3-4,11H2,1-2H3,(H,22,24)(H,23,25). The van der Waals surface area contributed by atoms with Gasteiger partial charge in [-0.05, 0) is 67.8 Å². The van der Waals surface area contributed by atoms with Crippen LogP contribution in [0.5, 0.6) is 0 Å². The molecule has 0 aliphatic heterocycles. The summed E-state index contributed by atoms with van der Waals surface area (Å²) in [4.78, 5) is 23.7. The van der Waals surface area contributed by atoms with Crippen LogP contribution in [0.1, 0.15) is 34.3 Å². The summed E-state index contributed by atoms with van der Waals surface area (Å²) in [5, 5.41) is 0. The Hall–Kier alpha value is -2.78. The van der Waals surface area contributed by atoms with Gasteiger partial charge in [0.2, 0.25) is 15.9 Å². The zero-order valence-corrected chi connectivity index (χ0v) is 16.4. The number of rotatable bonds is 7. The number of aryl methyl sites for hydroxylation is 2. The van der Waals surface area contributed by atoms with Crippen molar-refractivity contribution in [3.63, 3.8) is 0 Å². The van der Waals surface area contributed by atoms with E-state index in [1.807, 2.05) is 13.8 Å². The van der Waals surface area contributed by atoms with E-state index >= 15 is 0 Å². The molecule has 0 saturated heterocycles. The molecule has 2 rings (SSSR count). The zero-order valence-electron chi connectivity index (χ0n) is 15.6. The average Bonchev–Trinajstić information content (AvgIpc) is 2.66. The van der Waals surface area contributed by atoms with Crippen molar-refractivity contribution in [2.45, 2.75) is 31.6 Å². The molecule has 0 aliphatic rings. The Bertz CT molecular complexity index is 960. The van der Waals surface area contributed by atoms with Crippen LogP contribution in [0.2, 0.25) is 0 Å². The lowest BCUT2D eigenvalue weighted by molar-refractivity contribution is -0.121. The molecule has 0 heterocycles. The van der Waals surface area contributed by atoms with Crippen LogP contribution in [0.25, 0.3) is 0 Å². The van der Waals surface area contributed by atoms with Crippen molar-refractivity contribution in [3.8, 4) is 0 Å². The number of benzene rings is 2. The van der Waals surface area contributed by atoms with E-state index in [-0.39, 0.29) is 29.8 Å². The van der Waals surface area contributed by atoms with Gasteiger partial charge in [0.05, 0.1) is 4.90 Å². The number of sulfonamides is 1. The van der Waals surface area contributed by atoms with Crippen molar-refractivity contribution >= 4 is 21.8 Å². The van der Waals surface area contributed by atoms with Crippen molar-refractivity contribution in [3.05, 3.63) is 65.0 Å². The van der Waals surface area contributed by atoms with Gasteiger partial charge in [0.25, 0.3) is 5.91 Å². The molecule has 2 amide bonds. The van der Waals surface area contributed by atoms with Crippen LogP contribution in [-0.4, -0.2) is 26.8 Å². The lowest BCUT2D eigenvalue weighted by Crippen LogP contribution is -2.41. The molecule has 0 saturated carbocycles. The van der Waals surface area contributed by atoms with Crippen LogP contribution < -0.4 is 15.6 Å². The van der Waals surface area contributed by atoms with Gasteiger partial charge in [0, 0.05) is 18.5 Å². The first-order chi connectivity index (χ1) is 13.2. The van der Waals surface area contributed by atoms with E-state index < -0.39 is 27.7 Å². The second-order valence-corrected chi connectivity index (χ2v) is 8.02. The Morgan fingerprint density at radius 3 is 2.29 bits per heavy atom. The highest BCUT2D eigenvalue weighted by Crippen LogP contribution is 2.14. The normalized spacial score (nSPS) is 11.1.